The standard InChI is InChI=1S/C10H11NO3S/c1-2-15-8-5-3-7(4-6-8)11-9(12)10(13)14/h3-6H,2H2,1H3,(H,11,12)(H,13,14). The zero-order chi connectivity index (χ0) is 11.3. The number of hydrogen-bond acceptors (Lipinski definition) is 3. The van der Waals surface area contributed by atoms with Crippen LogP contribution in [0.1, 0.15) is 6.92 Å². The van der Waals surface area contributed by atoms with Gasteiger partial charge in [0.05, 0.1) is 0 Å². The molecule has 0 saturated carbocycles. The Bertz CT molecular complexity index is 361. The van der Waals surface area contributed by atoms with Crippen LogP contribution < -0.4 is 5.32 Å². The number of hydrogen-bond donors (Lipinski definition) is 2. The third-order valence-electron chi connectivity index (χ3n) is 1.62. The fourth-order valence-corrected chi connectivity index (χ4v) is 1.65. The lowest BCUT2D eigenvalue weighted by atomic mass is 10.3. The maximum atomic E-state index is 10.8. The molecule has 1 rings (SSSR count). The second-order valence-corrected chi connectivity index (χ2v) is 4.05. The highest BCUT2D eigenvalue weighted by atomic mass is 32.2. The van der Waals surface area contributed by atoms with Crippen LogP contribution in [-0.4, -0.2) is 22.7 Å². The minimum atomic E-state index is -1.48. The van der Waals surface area contributed by atoms with Crippen LogP contribution in [0.25, 0.3) is 0 Å². The van der Waals surface area contributed by atoms with Crippen LogP contribution in [0.15, 0.2) is 29.2 Å². The number of rotatable bonds is 3. The van der Waals surface area contributed by atoms with Crippen molar-refractivity contribution in [3.05, 3.63) is 24.3 Å². The summed E-state index contributed by atoms with van der Waals surface area (Å²) >= 11 is 1.68. The lowest BCUT2D eigenvalue weighted by Gasteiger charge is -2.03. The van der Waals surface area contributed by atoms with Gasteiger partial charge >= 0.3 is 11.9 Å². The minimum Gasteiger partial charge on any atom is -0.474 e. The molecule has 0 fully saturated rings. The summed E-state index contributed by atoms with van der Waals surface area (Å²) in [6.07, 6.45) is 0. The van der Waals surface area contributed by atoms with Crippen molar-refractivity contribution < 1.29 is 14.7 Å². The van der Waals surface area contributed by atoms with Crippen molar-refractivity contribution in [2.24, 2.45) is 0 Å². The summed E-state index contributed by atoms with van der Waals surface area (Å²) in [5, 5.41) is 10.6. The largest absolute Gasteiger partial charge is 0.474 e. The van der Waals surface area contributed by atoms with Gasteiger partial charge in [-0.1, -0.05) is 6.92 Å². The summed E-state index contributed by atoms with van der Waals surface area (Å²) in [6, 6.07) is 7.04. The first-order valence-corrected chi connectivity index (χ1v) is 5.39. The van der Waals surface area contributed by atoms with E-state index in [1.54, 1.807) is 23.9 Å². The molecule has 0 aliphatic rings. The van der Waals surface area contributed by atoms with E-state index in [9.17, 15) is 9.59 Å². The molecule has 1 amide bonds. The van der Waals surface area contributed by atoms with Crippen molar-refractivity contribution in [1.29, 1.82) is 0 Å². The summed E-state index contributed by atoms with van der Waals surface area (Å²) in [4.78, 5) is 22.2. The number of nitrogens with one attached hydrogen (secondary N) is 1. The van der Waals surface area contributed by atoms with Gasteiger partial charge in [-0.25, -0.2) is 4.79 Å². The van der Waals surface area contributed by atoms with E-state index in [-0.39, 0.29) is 0 Å². The van der Waals surface area contributed by atoms with Crippen LogP contribution in [0.3, 0.4) is 0 Å². The van der Waals surface area contributed by atoms with Gasteiger partial charge < -0.3 is 10.4 Å². The molecule has 5 heteroatoms. The van der Waals surface area contributed by atoms with Crippen LogP contribution >= 0.6 is 11.8 Å². The first-order valence-electron chi connectivity index (χ1n) is 4.40. The molecule has 0 radical (unpaired) electrons. The van der Waals surface area contributed by atoms with Gasteiger partial charge in [0, 0.05) is 10.6 Å². The first-order chi connectivity index (χ1) is 7.13. The van der Waals surface area contributed by atoms with E-state index < -0.39 is 11.9 Å². The second-order valence-electron chi connectivity index (χ2n) is 2.72. The van der Waals surface area contributed by atoms with Crippen LogP contribution in [0.2, 0.25) is 0 Å². The van der Waals surface area contributed by atoms with Crippen molar-refractivity contribution in [2.45, 2.75) is 11.8 Å². The van der Waals surface area contributed by atoms with E-state index >= 15 is 0 Å². The zero-order valence-corrected chi connectivity index (χ0v) is 9.00. The summed E-state index contributed by atoms with van der Waals surface area (Å²) in [6.45, 7) is 2.05. The van der Waals surface area contributed by atoms with E-state index in [0.29, 0.717) is 5.69 Å². The van der Waals surface area contributed by atoms with Crippen molar-refractivity contribution >= 4 is 29.3 Å². The molecule has 15 heavy (non-hydrogen) atoms. The van der Waals surface area contributed by atoms with Crippen LogP contribution in [0.5, 0.6) is 0 Å². The highest BCUT2D eigenvalue weighted by molar-refractivity contribution is 7.99. The quantitative estimate of drug-likeness (QED) is 0.608. The zero-order valence-electron chi connectivity index (χ0n) is 8.19. The smallest absolute Gasteiger partial charge is 0.394 e. The number of benzene rings is 1. The van der Waals surface area contributed by atoms with Gasteiger partial charge in [0.15, 0.2) is 0 Å². The number of aliphatic carboxylic acids is 1. The van der Waals surface area contributed by atoms with Gasteiger partial charge in [-0.15, -0.1) is 11.8 Å². The van der Waals surface area contributed by atoms with Crippen molar-refractivity contribution in [1.82, 2.24) is 0 Å². The highest BCUT2D eigenvalue weighted by Crippen LogP contribution is 2.19. The van der Waals surface area contributed by atoms with E-state index in [0.717, 1.165) is 10.6 Å². The monoisotopic (exact) mass is 225 g/mol. The molecular formula is C10H11NO3S. The Balaban J connectivity index is 2.64. The predicted octanol–water partition coefficient (Wildman–Crippen LogP) is 1.82. The summed E-state index contributed by atoms with van der Waals surface area (Å²) in [5.74, 6) is -1.53. The first kappa shape index (κ1) is 11.6. The Kier molecular flexibility index (Phi) is 4.17. The van der Waals surface area contributed by atoms with E-state index in [1.165, 1.54) is 0 Å². The number of carbonyl (C=O) groups excluding carboxylic acids is 1. The van der Waals surface area contributed by atoms with Crippen molar-refractivity contribution in [3.63, 3.8) is 0 Å². The number of amides is 1. The number of carboxylic acid groups (broad SMARTS) is 1. The van der Waals surface area contributed by atoms with Gasteiger partial charge in [0.2, 0.25) is 0 Å². The van der Waals surface area contributed by atoms with Crippen molar-refractivity contribution in [3.8, 4) is 0 Å². The lowest BCUT2D eigenvalue weighted by molar-refractivity contribution is -0.147. The topological polar surface area (TPSA) is 66.4 Å². The molecule has 4 nitrogen and oxygen atoms in total. The van der Waals surface area contributed by atoms with Gasteiger partial charge in [-0.05, 0) is 30.0 Å². The van der Waals surface area contributed by atoms with Crippen LogP contribution in [0, 0.1) is 0 Å². The molecular weight excluding hydrogens is 214 g/mol. The molecule has 0 aliphatic carbocycles. The van der Waals surface area contributed by atoms with Gasteiger partial charge in [-0.3, -0.25) is 4.79 Å². The third-order valence-corrected chi connectivity index (χ3v) is 2.51. The molecule has 0 saturated heterocycles. The van der Waals surface area contributed by atoms with E-state index in [4.69, 9.17) is 5.11 Å². The Morgan fingerprint density at radius 1 is 1.33 bits per heavy atom. The fraction of sp³-hybridized carbons (Fsp3) is 0.200. The van der Waals surface area contributed by atoms with Crippen LogP contribution in [0.4, 0.5) is 5.69 Å². The maximum Gasteiger partial charge on any atom is 0.394 e. The SMILES string of the molecule is CCSc1ccc(NC(=O)C(=O)O)cc1. The molecule has 0 atom stereocenters. The number of carbonyl (C=O) groups is 2. The highest BCUT2D eigenvalue weighted by Gasteiger charge is 2.10. The van der Waals surface area contributed by atoms with Gasteiger partial charge in [-0.2, -0.15) is 0 Å². The number of thioether (sulfide) groups is 1. The summed E-state index contributed by atoms with van der Waals surface area (Å²) in [7, 11) is 0. The molecule has 0 heterocycles. The fourth-order valence-electron chi connectivity index (χ4n) is 0.986. The number of carboxylic acids is 1. The van der Waals surface area contributed by atoms with Crippen LogP contribution in [-0.2, 0) is 9.59 Å². The molecule has 0 unspecified atom stereocenters. The molecule has 0 aliphatic heterocycles. The maximum absolute atomic E-state index is 10.8. The normalized spacial score (nSPS) is 9.67. The molecule has 0 spiro atoms. The molecule has 1 aromatic rings. The predicted molar refractivity (Wildman–Crippen MR) is 59.1 cm³/mol. The molecule has 2 N–H and O–H groups in total. The molecule has 0 bridgehead atoms. The van der Waals surface area contributed by atoms with Crippen molar-refractivity contribution in [2.75, 3.05) is 11.1 Å². The third kappa shape index (κ3) is 3.63. The van der Waals surface area contributed by atoms with E-state index in [2.05, 4.69) is 5.32 Å². The summed E-state index contributed by atoms with van der Waals surface area (Å²) in [5.41, 5.74) is 0.489. The van der Waals surface area contributed by atoms with E-state index in [1.807, 2.05) is 19.1 Å². The lowest BCUT2D eigenvalue weighted by Crippen LogP contribution is -2.21. The summed E-state index contributed by atoms with van der Waals surface area (Å²) < 4.78 is 0. The molecule has 80 valence electrons. The molecule has 1 aromatic carbocycles. The Morgan fingerprint density at radius 3 is 2.40 bits per heavy atom. The Labute approximate surface area is 91.7 Å². The van der Waals surface area contributed by atoms with Gasteiger partial charge in [0.1, 0.15) is 0 Å². The average molecular weight is 225 g/mol. The Morgan fingerprint density at radius 2 is 1.93 bits per heavy atom. The minimum absolute atomic E-state index is 0.489. The molecule has 0 aromatic heterocycles. The van der Waals surface area contributed by atoms with Gasteiger partial charge in [0.25, 0.3) is 0 Å². The number of anilines is 1. The second kappa shape index (κ2) is 5.41. The average Bonchev–Trinajstić information content (AvgIpc) is 2.21. The Hall–Kier alpha value is -1.49.